The highest BCUT2D eigenvalue weighted by Gasteiger charge is 2.15. The second kappa shape index (κ2) is 7.03. The number of rotatable bonds is 4. The van der Waals surface area contributed by atoms with Gasteiger partial charge in [0.05, 0.1) is 0 Å². The van der Waals surface area contributed by atoms with E-state index in [4.69, 9.17) is 4.74 Å². The smallest absolute Gasteiger partial charge is 0.348 e. The van der Waals surface area contributed by atoms with Crippen molar-refractivity contribution >= 4 is 39.0 Å². The molecule has 0 bridgehead atoms. The lowest BCUT2D eigenvalue weighted by molar-refractivity contribution is -0.119. The molecule has 0 aliphatic heterocycles. The van der Waals surface area contributed by atoms with Crippen LogP contribution in [0.1, 0.15) is 20.8 Å². The molecule has 0 fully saturated rings. The number of nitrogens with one attached hydrogen (secondary N) is 1. The van der Waals surface area contributed by atoms with Crippen LogP contribution in [0.15, 0.2) is 42.5 Å². The normalized spacial score (nSPS) is 10.7. The molecule has 2 aromatic carbocycles. The predicted octanol–water partition coefficient (Wildman–Crippen LogP) is 4.45. The number of esters is 1. The largest absolute Gasteiger partial charge is 0.451 e. The summed E-state index contributed by atoms with van der Waals surface area (Å²) in [5.74, 6) is -1.45. The van der Waals surface area contributed by atoms with Gasteiger partial charge in [0.25, 0.3) is 5.91 Å². The van der Waals surface area contributed by atoms with Gasteiger partial charge in [-0.2, -0.15) is 0 Å². The third-order valence-corrected chi connectivity index (χ3v) is 4.79. The second-order valence-corrected chi connectivity index (χ2v) is 6.79. The fourth-order valence-electron chi connectivity index (χ4n) is 2.38. The molecule has 0 spiro atoms. The van der Waals surface area contributed by atoms with Crippen molar-refractivity contribution in [1.82, 2.24) is 0 Å². The molecule has 1 amide bonds. The monoisotopic (exact) mass is 357 g/mol. The fourth-order valence-corrected chi connectivity index (χ4v) is 3.35. The van der Waals surface area contributed by atoms with Gasteiger partial charge in [0.1, 0.15) is 10.7 Å². The number of carbonyl (C=O) groups is 2. The number of hydrogen-bond acceptors (Lipinski definition) is 4. The van der Waals surface area contributed by atoms with Crippen molar-refractivity contribution in [3.05, 3.63) is 64.3 Å². The molecule has 0 aliphatic rings. The summed E-state index contributed by atoms with van der Waals surface area (Å²) in [6.45, 7) is 3.41. The van der Waals surface area contributed by atoms with Crippen molar-refractivity contribution in [3.8, 4) is 0 Å². The summed E-state index contributed by atoms with van der Waals surface area (Å²) in [6, 6.07) is 11.8. The Kier molecular flexibility index (Phi) is 4.81. The van der Waals surface area contributed by atoms with Gasteiger partial charge in [0, 0.05) is 15.8 Å². The van der Waals surface area contributed by atoms with Crippen LogP contribution in [0, 0.1) is 19.7 Å². The topological polar surface area (TPSA) is 55.4 Å². The van der Waals surface area contributed by atoms with Crippen molar-refractivity contribution in [3.63, 3.8) is 0 Å². The maximum absolute atomic E-state index is 13.7. The summed E-state index contributed by atoms with van der Waals surface area (Å²) in [4.78, 5) is 24.3. The first kappa shape index (κ1) is 17.1. The first-order valence-electron chi connectivity index (χ1n) is 7.66. The standard InChI is InChI=1S/C19H16FNO3S/c1-11-6-7-12(2)15(8-11)21-18(22)10-24-19(23)17-9-13-14(20)4-3-5-16(13)25-17/h3-9H,10H2,1-2H3,(H,21,22). The van der Waals surface area contributed by atoms with Crippen LogP contribution in [0.4, 0.5) is 10.1 Å². The van der Waals surface area contributed by atoms with Crippen LogP contribution in [0.3, 0.4) is 0 Å². The van der Waals surface area contributed by atoms with Gasteiger partial charge in [-0.1, -0.05) is 18.2 Å². The number of anilines is 1. The van der Waals surface area contributed by atoms with Gasteiger partial charge in [-0.15, -0.1) is 11.3 Å². The zero-order chi connectivity index (χ0) is 18.0. The maximum Gasteiger partial charge on any atom is 0.348 e. The quantitative estimate of drug-likeness (QED) is 0.702. The molecule has 128 valence electrons. The molecular formula is C19H16FNO3S. The van der Waals surface area contributed by atoms with Gasteiger partial charge in [0.15, 0.2) is 6.61 Å². The Morgan fingerprint density at radius 1 is 1.16 bits per heavy atom. The molecule has 4 nitrogen and oxygen atoms in total. The van der Waals surface area contributed by atoms with Crippen molar-refractivity contribution in [2.24, 2.45) is 0 Å². The van der Waals surface area contributed by atoms with Gasteiger partial charge in [-0.25, -0.2) is 9.18 Å². The molecule has 3 aromatic rings. The molecule has 0 radical (unpaired) electrons. The highest BCUT2D eigenvalue weighted by Crippen LogP contribution is 2.28. The fraction of sp³-hybridized carbons (Fsp3) is 0.158. The Hall–Kier alpha value is -2.73. The summed E-state index contributed by atoms with van der Waals surface area (Å²) in [7, 11) is 0. The van der Waals surface area contributed by atoms with Crippen LogP contribution in [-0.2, 0) is 9.53 Å². The Labute approximate surface area is 148 Å². The number of thiophene rings is 1. The second-order valence-electron chi connectivity index (χ2n) is 5.70. The minimum absolute atomic E-state index is 0.264. The highest BCUT2D eigenvalue weighted by atomic mass is 32.1. The van der Waals surface area contributed by atoms with E-state index < -0.39 is 18.5 Å². The number of amides is 1. The van der Waals surface area contributed by atoms with Crippen LogP contribution >= 0.6 is 11.3 Å². The minimum atomic E-state index is -0.642. The third-order valence-electron chi connectivity index (χ3n) is 3.71. The highest BCUT2D eigenvalue weighted by molar-refractivity contribution is 7.20. The number of hydrogen-bond donors (Lipinski definition) is 1. The molecule has 0 saturated carbocycles. The van der Waals surface area contributed by atoms with Gasteiger partial charge in [0.2, 0.25) is 0 Å². The summed E-state index contributed by atoms with van der Waals surface area (Å²) in [6.07, 6.45) is 0. The molecule has 0 saturated heterocycles. The van der Waals surface area contributed by atoms with Crippen LogP contribution in [0.25, 0.3) is 10.1 Å². The summed E-state index contributed by atoms with van der Waals surface area (Å²) in [5, 5.41) is 3.10. The predicted molar refractivity (Wildman–Crippen MR) is 96.6 cm³/mol. The van der Waals surface area contributed by atoms with Crippen molar-refractivity contribution < 1.29 is 18.7 Å². The van der Waals surface area contributed by atoms with Crippen LogP contribution < -0.4 is 5.32 Å². The van der Waals surface area contributed by atoms with Crippen molar-refractivity contribution in [2.75, 3.05) is 11.9 Å². The van der Waals surface area contributed by atoms with E-state index in [1.165, 1.54) is 12.1 Å². The SMILES string of the molecule is Cc1ccc(C)c(NC(=O)COC(=O)c2cc3c(F)cccc3s2)c1. The lowest BCUT2D eigenvalue weighted by Crippen LogP contribution is -2.21. The number of aryl methyl sites for hydroxylation is 2. The molecule has 1 N–H and O–H groups in total. The first-order valence-corrected chi connectivity index (χ1v) is 8.48. The zero-order valence-corrected chi connectivity index (χ0v) is 14.6. The van der Waals surface area contributed by atoms with Crippen LogP contribution in [0.5, 0.6) is 0 Å². The van der Waals surface area contributed by atoms with Crippen molar-refractivity contribution in [1.29, 1.82) is 0 Å². The zero-order valence-electron chi connectivity index (χ0n) is 13.8. The first-order chi connectivity index (χ1) is 11.9. The van der Waals surface area contributed by atoms with E-state index in [0.717, 1.165) is 22.5 Å². The molecule has 0 atom stereocenters. The number of benzene rings is 2. The van der Waals surface area contributed by atoms with Gasteiger partial charge < -0.3 is 10.1 Å². The molecule has 6 heteroatoms. The number of ether oxygens (including phenoxy) is 1. The summed E-state index contributed by atoms with van der Waals surface area (Å²) >= 11 is 1.13. The maximum atomic E-state index is 13.7. The molecular weight excluding hydrogens is 341 g/mol. The minimum Gasteiger partial charge on any atom is -0.451 e. The number of halogens is 1. The van der Waals surface area contributed by atoms with Crippen LogP contribution in [-0.4, -0.2) is 18.5 Å². The van der Waals surface area contributed by atoms with Crippen LogP contribution in [0.2, 0.25) is 0 Å². The Bertz CT molecular complexity index is 964. The Balaban J connectivity index is 1.64. The average molecular weight is 357 g/mol. The van der Waals surface area contributed by atoms with Gasteiger partial charge in [-0.3, -0.25) is 4.79 Å². The molecule has 25 heavy (non-hydrogen) atoms. The number of carbonyl (C=O) groups excluding carboxylic acids is 2. The Morgan fingerprint density at radius 2 is 1.96 bits per heavy atom. The molecule has 0 unspecified atom stereocenters. The van der Waals surface area contributed by atoms with Crippen molar-refractivity contribution in [2.45, 2.75) is 13.8 Å². The lowest BCUT2D eigenvalue weighted by atomic mass is 10.1. The molecule has 1 heterocycles. The lowest BCUT2D eigenvalue weighted by Gasteiger charge is -2.09. The Morgan fingerprint density at radius 3 is 2.72 bits per heavy atom. The summed E-state index contributed by atoms with van der Waals surface area (Å²) < 4.78 is 19.4. The van der Waals surface area contributed by atoms with Gasteiger partial charge in [-0.05, 0) is 49.2 Å². The van der Waals surface area contributed by atoms with Gasteiger partial charge >= 0.3 is 5.97 Å². The van der Waals surface area contributed by atoms with E-state index in [0.29, 0.717) is 15.8 Å². The molecule has 0 aliphatic carbocycles. The average Bonchev–Trinajstić information content (AvgIpc) is 3.02. The van der Waals surface area contributed by atoms with E-state index in [-0.39, 0.29) is 10.7 Å². The van der Waals surface area contributed by atoms with E-state index in [2.05, 4.69) is 5.32 Å². The number of fused-ring (bicyclic) bond motifs is 1. The molecule has 3 rings (SSSR count). The van der Waals surface area contributed by atoms with E-state index in [1.807, 2.05) is 32.0 Å². The van der Waals surface area contributed by atoms with E-state index >= 15 is 0 Å². The van der Waals surface area contributed by atoms with E-state index in [9.17, 15) is 14.0 Å². The summed E-state index contributed by atoms with van der Waals surface area (Å²) in [5.41, 5.74) is 2.63. The third kappa shape index (κ3) is 3.85. The molecule has 1 aromatic heterocycles. The van der Waals surface area contributed by atoms with E-state index in [1.54, 1.807) is 12.1 Å².